The molecule has 2 atom stereocenters. The van der Waals surface area contributed by atoms with E-state index in [0.717, 1.165) is 37.0 Å². The number of aromatic amines is 1. The highest BCUT2D eigenvalue weighted by atomic mass is 15.2. The van der Waals surface area contributed by atoms with Gasteiger partial charge in [0.15, 0.2) is 5.82 Å². The van der Waals surface area contributed by atoms with Crippen molar-refractivity contribution in [2.75, 3.05) is 6.54 Å². The van der Waals surface area contributed by atoms with Crippen molar-refractivity contribution in [3.05, 3.63) is 11.6 Å². The van der Waals surface area contributed by atoms with Crippen molar-refractivity contribution < 1.29 is 0 Å². The summed E-state index contributed by atoms with van der Waals surface area (Å²) < 4.78 is 0. The van der Waals surface area contributed by atoms with E-state index in [9.17, 15) is 0 Å². The highest BCUT2D eigenvalue weighted by Crippen LogP contribution is 2.38. The maximum atomic E-state index is 5.48. The molecule has 0 amide bonds. The van der Waals surface area contributed by atoms with Gasteiger partial charge in [-0.05, 0) is 38.1 Å². The van der Waals surface area contributed by atoms with Crippen molar-refractivity contribution in [2.24, 2.45) is 11.7 Å². The number of nitrogens with one attached hydrogen (secondary N) is 1. The summed E-state index contributed by atoms with van der Waals surface area (Å²) in [4.78, 5) is 4.58. The minimum Gasteiger partial charge on any atom is -0.330 e. The Hall–Kier alpha value is -0.900. The van der Waals surface area contributed by atoms with Crippen molar-refractivity contribution in [1.29, 1.82) is 0 Å². The van der Waals surface area contributed by atoms with Crippen molar-refractivity contribution in [3.63, 3.8) is 0 Å². The van der Waals surface area contributed by atoms with Gasteiger partial charge in [-0.25, -0.2) is 4.98 Å². The van der Waals surface area contributed by atoms with Gasteiger partial charge in [-0.3, -0.25) is 5.10 Å². The van der Waals surface area contributed by atoms with Crippen molar-refractivity contribution in [1.82, 2.24) is 15.2 Å². The lowest BCUT2D eigenvalue weighted by Gasteiger charge is -2.05. The molecule has 1 heterocycles. The third-order valence-electron chi connectivity index (χ3n) is 3.65. The summed E-state index contributed by atoms with van der Waals surface area (Å²) in [6.07, 6.45) is 7.07. The molecule has 4 nitrogen and oxygen atoms in total. The summed E-state index contributed by atoms with van der Waals surface area (Å²) in [7, 11) is 0. The van der Waals surface area contributed by atoms with E-state index in [2.05, 4.69) is 22.1 Å². The quantitative estimate of drug-likeness (QED) is 0.800. The van der Waals surface area contributed by atoms with Crippen LogP contribution in [0.15, 0.2) is 0 Å². The molecule has 3 N–H and O–H groups in total. The summed E-state index contributed by atoms with van der Waals surface area (Å²) in [6, 6.07) is 0. The zero-order valence-corrected chi connectivity index (χ0v) is 10.1. The highest BCUT2D eigenvalue weighted by molar-refractivity contribution is 5.01. The third kappa shape index (κ3) is 2.61. The average molecular weight is 222 g/mol. The number of hydrogen-bond acceptors (Lipinski definition) is 3. The first kappa shape index (κ1) is 11.6. The Labute approximate surface area is 97.0 Å². The third-order valence-corrected chi connectivity index (χ3v) is 3.65. The van der Waals surface area contributed by atoms with Crippen LogP contribution in [0, 0.1) is 5.92 Å². The number of nitrogens with two attached hydrogens (primary N) is 1. The molecule has 0 aromatic carbocycles. The lowest BCUT2D eigenvalue weighted by atomic mass is 10.0. The van der Waals surface area contributed by atoms with E-state index in [1.54, 1.807) is 0 Å². The molecule has 1 aromatic rings. The Morgan fingerprint density at radius 1 is 1.44 bits per heavy atom. The Morgan fingerprint density at radius 2 is 2.31 bits per heavy atom. The molecule has 1 aromatic heterocycles. The van der Waals surface area contributed by atoms with Gasteiger partial charge in [0.2, 0.25) is 0 Å². The Kier molecular flexibility index (Phi) is 3.93. The number of aryl methyl sites for hydroxylation is 1. The normalized spacial score (nSPS) is 25.1. The van der Waals surface area contributed by atoms with E-state index < -0.39 is 0 Å². The molecule has 0 saturated heterocycles. The lowest BCUT2D eigenvalue weighted by molar-refractivity contribution is 0.517. The molecule has 1 aliphatic carbocycles. The summed E-state index contributed by atoms with van der Waals surface area (Å²) in [5.74, 6) is 3.51. The predicted molar refractivity (Wildman–Crippen MR) is 64.1 cm³/mol. The van der Waals surface area contributed by atoms with E-state index in [1.807, 2.05) is 0 Å². The van der Waals surface area contributed by atoms with Crippen LogP contribution in [0.5, 0.6) is 0 Å². The van der Waals surface area contributed by atoms with Crippen molar-refractivity contribution in [3.8, 4) is 0 Å². The van der Waals surface area contributed by atoms with Crippen LogP contribution in [-0.4, -0.2) is 21.7 Å². The molecule has 2 rings (SSSR count). The predicted octanol–water partition coefficient (Wildman–Crippen LogP) is 1.99. The molecule has 90 valence electrons. The van der Waals surface area contributed by atoms with Gasteiger partial charge in [-0.1, -0.05) is 13.3 Å². The van der Waals surface area contributed by atoms with Crippen LogP contribution in [0.2, 0.25) is 0 Å². The van der Waals surface area contributed by atoms with Crippen LogP contribution in [-0.2, 0) is 6.42 Å². The van der Waals surface area contributed by atoms with Gasteiger partial charge in [0.05, 0.1) is 0 Å². The molecule has 1 fully saturated rings. The fourth-order valence-corrected chi connectivity index (χ4v) is 2.55. The first-order chi connectivity index (χ1) is 7.83. The number of nitrogens with zero attached hydrogens (tertiary/aromatic N) is 2. The standard InChI is InChI=1S/C12H22N4/c1-2-9-5-6-10(8-9)12-14-11(15-16-12)4-3-7-13/h9-10H,2-8,13H2,1H3,(H,14,15,16). The minimum atomic E-state index is 0.591. The molecule has 0 aliphatic heterocycles. The second-order valence-electron chi connectivity index (χ2n) is 4.82. The van der Waals surface area contributed by atoms with Gasteiger partial charge in [-0.15, -0.1) is 0 Å². The summed E-state index contributed by atoms with van der Waals surface area (Å²) in [5, 5.41) is 7.38. The zero-order chi connectivity index (χ0) is 11.4. The molecule has 4 heteroatoms. The molecular formula is C12H22N4. The highest BCUT2D eigenvalue weighted by Gasteiger charge is 2.27. The Bertz CT molecular complexity index is 321. The second-order valence-corrected chi connectivity index (χ2v) is 4.82. The fourth-order valence-electron chi connectivity index (χ4n) is 2.55. The largest absolute Gasteiger partial charge is 0.330 e. The molecule has 0 radical (unpaired) electrons. The summed E-state index contributed by atoms with van der Waals surface area (Å²) in [6.45, 7) is 3.00. The minimum absolute atomic E-state index is 0.591. The average Bonchev–Trinajstić information content (AvgIpc) is 2.94. The van der Waals surface area contributed by atoms with Crippen LogP contribution in [0.25, 0.3) is 0 Å². The van der Waals surface area contributed by atoms with Gasteiger partial charge in [0.1, 0.15) is 5.82 Å². The van der Waals surface area contributed by atoms with E-state index in [-0.39, 0.29) is 0 Å². The van der Waals surface area contributed by atoms with Gasteiger partial charge in [-0.2, -0.15) is 5.10 Å². The molecule has 16 heavy (non-hydrogen) atoms. The lowest BCUT2D eigenvalue weighted by Crippen LogP contribution is -2.01. The maximum Gasteiger partial charge on any atom is 0.153 e. The first-order valence-corrected chi connectivity index (χ1v) is 6.44. The molecule has 0 bridgehead atoms. The second kappa shape index (κ2) is 5.43. The summed E-state index contributed by atoms with van der Waals surface area (Å²) in [5.41, 5.74) is 5.48. The van der Waals surface area contributed by atoms with E-state index in [1.165, 1.54) is 25.7 Å². The van der Waals surface area contributed by atoms with E-state index >= 15 is 0 Å². The van der Waals surface area contributed by atoms with Crippen LogP contribution < -0.4 is 5.73 Å². The van der Waals surface area contributed by atoms with Gasteiger partial charge >= 0.3 is 0 Å². The van der Waals surface area contributed by atoms with Crippen LogP contribution in [0.1, 0.15) is 56.6 Å². The topological polar surface area (TPSA) is 67.6 Å². The molecule has 2 unspecified atom stereocenters. The maximum absolute atomic E-state index is 5.48. The van der Waals surface area contributed by atoms with Gasteiger partial charge in [0.25, 0.3) is 0 Å². The summed E-state index contributed by atoms with van der Waals surface area (Å²) >= 11 is 0. The number of hydrogen-bond donors (Lipinski definition) is 2. The van der Waals surface area contributed by atoms with Crippen LogP contribution >= 0.6 is 0 Å². The molecule has 0 spiro atoms. The zero-order valence-electron chi connectivity index (χ0n) is 10.1. The Morgan fingerprint density at radius 3 is 3.00 bits per heavy atom. The smallest absolute Gasteiger partial charge is 0.153 e. The fraction of sp³-hybridized carbons (Fsp3) is 0.833. The molecule has 1 aliphatic rings. The SMILES string of the molecule is CCC1CCC(c2n[nH]c(CCCN)n2)C1. The Balaban J connectivity index is 1.92. The van der Waals surface area contributed by atoms with Gasteiger partial charge < -0.3 is 5.73 Å². The van der Waals surface area contributed by atoms with Crippen LogP contribution in [0.4, 0.5) is 0 Å². The molecular weight excluding hydrogens is 200 g/mol. The van der Waals surface area contributed by atoms with E-state index in [4.69, 9.17) is 5.73 Å². The number of H-pyrrole nitrogens is 1. The monoisotopic (exact) mass is 222 g/mol. The van der Waals surface area contributed by atoms with Crippen molar-refractivity contribution in [2.45, 2.75) is 51.4 Å². The first-order valence-electron chi connectivity index (χ1n) is 6.44. The van der Waals surface area contributed by atoms with Gasteiger partial charge in [0, 0.05) is 12.3 Å². The van der Waals surface area contributed by atoms with Crippen molar-refractivity contribution >= 4 is 0 Å². The van der Waals surface area contributed by atoms with Crippen LogP contribution in [0.3, 0.4) is 0 Å². The van der Waals surface area contributed by atoms with E-state index in [0.29, 0.717) is 5.92 Å². The number of aromatic nitrogens is 3. The number of rotatable bonds is 5. The molecule has 1 saturated carbocycles.